The minimum absolute atomic E-state index is 0.0395. The van der Waals surface area contributed by atoms with Crippen molar-refractivity contribution in [3.8, 4) is 11.3 Å². The van der Waals surface area contributed by atoms with Crippen LogP contribution in [0.3, 0.4) is 0 Å². The molecule has 0 aliphatic carbocycles. The van der Waals surface area contributed by atoms with E-state index in [0.717, 1.165) is 28.2 Å². The third-order valence-electron chi connectivity index (χ3n) is 4.28. The first-order valence-corrected chi connectivity index (χ1v) is 8.12. The monoisotopic (exact) mass is 347 g/mol. The molecule has 0 saturated carbocycles. The lowest BCUT2D eigenvalue weighted by atomic mass is 10.1. The number of aromatic carboxylic acids is 1. The van der Waals surface area contributed by atoms with Crippen LogP contribution in [0.25, 0.3) is 16.8 Å². The molecule has 0 aliphatic rings. The fraction of sp³-hybridized carbons (Fsp3) is 0.105. The number of carboxylic acids is 1. The highest BCUT2D eigenvalue weighted by Crippen LogP contribution is 2.22. The number of aromatic nitrogens is 4. The number of pyridine rings is 1. The van der Waals surface area contributed by atoms with Crippen molar-refractivity contribution in [1.29, 1.82) is 0 Å². The molecule has 1 aromatic carbocycles. The van der Waals surface area contributed by atoms with Crippen molar-refractivity contribution in [1.82, 2.24) is 19.4 Å². The number of nitrogen functional groups attached to an aromatic ring is 1. The summed E-state index contributed by atoms with van der Waals surface area (Å²) in [5, 5.41) is 18.0. The van der Waals surface area contributed by atoms with Gasteiger partial charge in [-0.3, -0.25) is 4.68 Å². The zero-order valence-electron chi connectivity index (χ0n) is 14.1. The Bertz CT molecular complexity index is 1110. The highest BCUT2D eigenvalue weighted by molar-refractivity contribution is 5.85. The van der Waals surface area contributed by atoms with Crippen molar-refractivity contribution in [2.75, 3.05) is 5.73 Å². The van der Waals surface area contributed by atoms with Gasteiger partial charge < -0.3 is 10.8 Å². The molecule has 0 bridgehead atoms. The van der Waals surface area contributed by atoms with Gasteiger partial charge >= 0.3 is 5.97 Å². The van der Waals surface area contributed by atoms with E-state index in [-0.39, 0.29) is 5.69 Å². The van der Waals surface area contributed by atoms with E-state index in [4.69, 9.17) is 15.9 Å². The van der Waals surface area contributed by atoms with Crippen LogP contribution < -0.4 is 5.73 Å². The van der Waals surface area contributed by atoms with E-state index in [9.17, 15) is 4.79 Å². The lowest BCUT2D eigenvalue weighted by Gasteiger charge is -2.07. The average molecular weight is 347 g/mol. The summed E-state index contributed by atoms with van der Waals surface area (Å²) in [7, 11) is 0. The highest BCUT2D eigenvalue weighted by Gasteiger charge is 2.13. The molecule has 0 aliphatic heterocycles. The van der Waals surface area contributed by atoms with Gasteiger partial charge in [0, 0.05) is 16.9 Å². The van der Waals surface area contributed by atoms with Gasteiger partial charge in [-0.05, 0) is 43.3 Å². The Labute approximate surface area is 149 Å². The summed E-state index contributed by atoms with van der Waals surface area (Å²) < 4.78 is 3.52. The number of anilines is 1. The number of aryl methyl sites for hydroxylation is 1. The smallest absolute Gasteiger partial charge is 0.356 e. The number of fused-ring (bicyclic) bond motifs is 1. The van der Waals surface area contributed by atoms with E-state index in [1.165, 1.54) is 0 Å². The van der Waals surface area contributed by atoms with Gasteiger partial charge in [0.05, 0.1) is 23.4 Å². The van der Waals surface area contributed by atoms with Crippen LogP contribution in [0.5, 0.6) is 0 Å². The highest BCUT2D eigenvalue weighted by atomic mass is 16.4. The van der Waals surface area contributed by atoms with Gasteiger partial charge in [0.15, 0.2) is 5.69 Å². The van der Waals surface area contributed by atoms with Gasteiger partial charge in [-0.1, -0.05) is 18.2 Å². The number of carboxylic acid groups (broad SMARTS) is 1. The summed E-state index contributed by atoms with van der Waals surface area (Å²) in [5.74, 6) is -1.03. The largest absolute Gasteiger partial charge is 0.476 e. The Morgan fingerprint density at radius 3 is 2.58 bits per heavy atom. The molecule has 0 radical (unpaired) electrons. The van der Waals surface area contributed by atoms with E-state index >= 15 is 0 Å². The normalized spacial score (nSPS) is 11.1. The third-order valence-corrected chi connectivity index (χ3v) is 4.28. The number of nitrogens with two attached hydrogens (primary N) is 1. The van der Waals surface area contributed by atoms with Crippen LogP contribution in [0.2, 0.25) is 0 Å². The van der Waals surface area contributed by atoms with Crippen LogP contribution in [0, 0.1) is 6.92 Å². The second kappa shape index (κ2) is 6.03. The molecule has 3 aromatic heterocycles. The van der Waals surface area contributed by atoms with Crippen molar-refractivity contribution < 1.29 is 9.90 Å². The minimum Gasteiger partial charge on any atom is -0.476 e. The molecular weight excluding hydrogens is 330 g/mol. The molecule has 0 spiro atoms. The van der Waals surface area contributed by atoms with Gasteiger partial charge in [0.1, 0.15) is 0 Å². The molecule has 0 atom stereocenters. The van der Waals surface area contributed by atoms with Gasteiger partial charge in [-0.25, -0.2) is 9.31 Å². The lowest BCUT2D eigenvalue weighted by Crippen LogP contribution is -2.09. The molecule has 4 rings (SSSR count). The molecule has 0 unspecified atom stereocenters. The van der Waals surface area contributed by atoms with Crippen molar-refractivity contribution in [2.24, 2.45) is 0 Å². The van der Waals surface area contributed by atoms with Crippen LogP contribution in [0.1, 0.15) is 21.9 Å². The number of rotatable bonds is 4. The summed E-state index contributed by atoms with van der Waals surface area (Å²) in [6.45, 7) is 2.27. The molecule has 0 saturated heterocycles. The van der Waals surface area contributed by atoms with E-state index in [2.05, 4.69) is 5.10 Å². The molecule has 3 N–H and O–H groups in total. The van der Waals surface area contributed by atoms with Crippen LogP contribution in [0.4, 0.5) is 5.69 Å². The average Bonchev–Trinajstić information content (AvgIpc) is 3.20. The number of nitrogens with zero attached hydrogens (tertiary/aromatic N) is 4. The molecule has 4 aromatic rings. The first-order chi connectivity index (χ1) is 12.5. The summed E-state index contributed by atoms with van der Waals surface area (Å²) in [6, 6.07) is 17.0. The van der Waals surface area contributed by atoms with Gasteiger partial charge in [-0.2, -0.15) is 10.2 Å². The predicted molar refractivity (Wildman–Crippen MR) is 98.1 cm³/mol. The molecular formula is C19H17N5O2. The fourth-order valence-electron chi connectivity index (χ4n) is 2.92. The minimum atomic E-state index is -1.03. The standard InChI is InChI=1S/C19H17N5O2/c1-12-9-18(19(25)26)21-23(12)11-16-4-2-3-15-10-17(22-24(15)16)13-5-7-14(20)8-6-13/h2-10H,11,20H2,1H3,(H,25,26). The van der Waals surface area contributed by atoms with Crippen molar-refractivity contribution in [3.63, 3.8) is 0 Å². The topological polar surface area (TPSA) is 98.4 Å². The second-order valence-electron chi connectivity index (χ2n) is 6.14. The molecule has 26 heavy (non-hydrogen) atoms. The predicted octanol–water partition coefficient (Wildman–Crippen LogP) is 2.83. The third kappa shape index (κ3) is 2.79. The molecule has 3 heterocycles. The maximum atomic E-state index is 11.1. The first-order valence-electron chi connectivity index (χ1n) is 8.12. The fourth-order valence-corrected chi connectivity index (χ4v) is 2.92. The second-order valence-corrected chi connectivity index (χ2v) is 6.14. The van der Waals surface area contributed by atoms with Crippen molar-refractivity contribution >= 4 is 17.2 Å². The van der Waals surface area contributed by atoms with Crippen LogP contribution in [0.15, 0.2) is 54.6 Å². The Hall–Kier alpha value is -3.61. The summed E-state index contributed by atoms with van der Waals surface area (Å²) in [5.41, 5.74) is 11.0. The molecule has 0 fully saturated rings. The number of benzene rings is 1. The van der Waals surface area contributed by atoms with E-state index in [1.807, 2.05) is 60.0 Å². The Kier molecular flexibility index (Phi) is 3.69. The zero-order valence-corrected chi connectivity index (χ0v) is 14.1. The molecule has 130 valence electrons. The van der Waals surface area contributed by atoms with Crippen LogP contribution >= 0.6 is 0 Å². The Morgan fingerprint density at radius 1 is 1.12 bits per heavy atom. The summed E-state index contributed by atoms with van der Waals surface area (Å²) in [6.07, 6.45) is 0. The molecule has 0 amide bonds. The van der Waals surface area contributed by atoms with Gasteiger partial charge in [-0.15, -0.1) is 0 Å². The zero-order chi connectivity index (χ0) is 18.3. The molecule has 7 nitrogen and oxygen atoms in total. The number of carbonyl (C=O) groups is 1. The van der Waals surface area contributed by atoms with E-state index < -0.39 is 5.97 Å². The van der Waals surface area contributed by atoms with Crippen molar-refractivity contribution in [2.45, 2.75) is 13.5 Å². The Morgan fingerprint density at radius 2 is 1.88 bits per heavy atom. The number of hydrogen-bond acceptors (Lipinski definition) is 4. The van der Waals surface area contributed by atoms with Gasteiger partial charge in [0.2, 0.25) is 0 Å². The van der Waals surface area contributed by atoms with Crippen molar-refractivity contribution in [3.05, 3.63) is 71.7 Å². The summed E-state index contributed by atoms with van der Waals surface area (Å²) >= 11 is 0. The lowest BCUT2D eigenvalue weighted by molar-refractivity contribution is 0.0689. The molecule has 7 heteroatoms. The quantitative estimate of drug-likeness (QED) is 0.553. The number of hydrogen-bond donors (Lipinski definition) is 2. The SMILES string of the molecule is Cc1cc(C(=O)O)nn1Cc1cccc2cc(-c3ccc(N)cc3)nn12. The van der Waals surface area contributed by atoms with Crippen LogP contribution in [-0.4, -0.2) is 30.5 Å². The maximum Gasteiger partial charge on any atom is 0.356 e. The van der Waals surface area contributed by atoms with Gasteiger partial charge in [0.25, 0.3) is 0 Å². The first kappa shape index (κ1) is 15.9. The maximum absolute atomic E-state index is 11.1. The van der Waals surface area contributed by atoms with E-state index in [0.29, 0.717) is 12.2 Å². The summed E-state index contributed by atoms with van der Waals surface area (Å²) in [4.78, 5) is 11.1. The van der Waals surface area contributed by atoms with Crippen LogP contribution in [-0.2, 0) is 6.54 Å². The Balaban J connectivity index is 1.74. The van der Waals surface area contributed by atoms with E-state index in [1.54, 1.807) is 10.7 Å².